The fourth-order valence-electron chi connectivity index (χ4n) is 4.09. The molecule has 0 bridgehead atoms. The number of carbonyl (C=O) groups excluding carboxylic acids is 1. The molecule has 5 aromatic rings. The van der Waals surface area contributed by atoms with Crippen molar-refractivity contribution in [3.63, 3.8) is 0 Å². The van der Waals surface area contributed by atoms with Gasteiger partial charge in [0, 0.05) is 36.3 Å². The van der Waals surface area contributed by atoms with Crippen LogP contribution in [0.4, 0.5) is 0 Å². The summed E-state index contributed by atoms with van der Waals surface area (Å²) >= 11 is 0. The lowest BCUT2D eigenvalue weighted by Gasteiger charge is -2.09. The number of hydrogen-bond donors (Lipinski definition) is 3. The quantitative estimate of drug-likeness (QED) is 0.277. The van der Waals surface area contributed by atoms with Gasteiger partial charge in [0.25, 0.3) is 5.91 Å². The number of aromatic amines is 1. The molecule has 0 aliphatic rings. The molecule has 8 heteroatoms. The molecular weight excluding hydrogens is 454 g/mol. The van der Waals surface area contributed by atoms with Crippen LogP contribution in [0.5, 0.6) is 11.6 Å². The maximum atomic E-state index is 12.7. The molecule has 0 atom stereocenters. The van der Waals surface area contributed by atoms with Crippen LogP contribution in [0.1, 0.15) is 22.3 Å². The molecule has 8 nitrogen and oxygen atoms in total. The molecule has 3 aromatic heterocycles. The molecule has 36 heavy (non-hydrogen) atoms. The molecule has 1 amide bonds. The standard InChI is InChI=1S/C28H25N5O3/c1-36-28-21(7-4-14-31-28)19-9-11-25(34)22(15-19)26-32-23-10-8-20(16-24(23)33-26)27(35)30-13-3-6-18-5-2-12-29-17-18/h2,4-5,7-12,14-17,34H,3,6,13H2,1H3,(H,30,35)(H,32,33). The molecule has 0 unspecified atom stereocenters. The minimum absolute atomic E-state index is 0.0900. The summed E-state index contributed by atoms with van der Waals surface area (Å²) in [6.07, 6.45) is 6.93. The summed E-state index contributed by atoms with van der Waals surface area (Å²) in [4.78, 5) is 28.9. The van der Waals surface area contributed by atoms with Gasteiger partial charge in [0.1, 0.15) is 11.6 Å². The number of nitrogens with one attached hydrogen (secondary N) is 2. The molecule has 3 N–H and O–H groups in total. The zero-order valence-electron chi connectivity index (χ0n) is 19.7. The number of rotatable bonds is 8. The predicted molar refractivity (Wildman–Crippen MR) is 138 cm³/mol. The minimum atomic E-state index is -0.146. The maximum Gasteiger partial charge on any atom is 0.251 e. The van der Waals surface area contributed by atoms with Gasteiger partial charge in [-0.15, -0.1) is 0 Å². The van der Waals surface area contributed by atoms with Gasteiger partial charge in [-0.3, -0.25) is 9.78 Å². The third kappa shape index (κ3) is 4.88. The number of ether oxygens (including phenoxy) is 1. The number of aryl methyl sites for hydroxylation is 1. The Labute approximate surface area is 208 Å². The Morgan fingerprint density at radius 3 is 2.78 bits per heavy atom. The van der Waals surface area contributed by atoms with Crippen molar-refractivity contribution in [1.82, 2.24) is 25.3 Å². The van der Waals surface area contributed by atoms with Crippen molar-refractivity contribution in [3.8, 4) is 34.1 Å². The number of aromatic nitrogens is 4. The zero-order chi connectivity index (χ0) is 24.9. The first-order valence-electron chi connectivity index (χ1n) is 11.6. The van der Waals surface area contributed by atoms with Crippen molar-refractivity contribution >= 4 is 16.9 Å². The molecule has 180 valence electrons. The van der Waals surface area contributed by atoms with E-state index in [1.165, 1.54) is 0 Å². The lowest BCUT2D eigenvalue weighted by atomic mass is 10.0. The monoisotopic (exact) mass is 479 g/mol. The van der Waals surface area contributed by atoms with E-state index in [2.05, 4.69) is 25.3 Å². The van der Waals surface area contributed by atoms with Gasteiger partial charge in [-0.05, 0) is 72.5 Å². The average Bonchev–Trinajstić information content (AvgIpc) is 3.35. The summed E-state index contributed by atoms with van der Waals surface area (Å²) in [5.41, 5.74) is 5.26. The number of methoxy groups -OCH3 is 1. The molecule has 3 heterocycles. The summed E-state index contributed by atoms with van der Waals surface area (Å²) in [7, 11) is 1.57. The van der Waals surface area contributed by atoms with E-state index in [4.69, 9.17) is 4.74 Å². The number of aromatic hydroxyl groups is 1. The Kier molecular flexibility index (Phi) is 6.57. The second-order valence-electron chi connectivity index (χ2n) is 8.33. The first-order chi connectivity index (χ1) is 17.6. The highest BCUT2D eigenvalue weighted by atomic mass is 16.5. The van der Waals surface area contributed by atoms with Crippen LogP contribution < -0.4 is 10.1 Å². The first-order valence-corrected chi connectivity index (χ1v) is 11.6. The highest BCUT2D eigenvalue weighted by molar-refractivity contribution is 5.97. The summed E-state index contributed by atoms with van der Waals surface area (Å²) in [6.45, 7) is 0.568. The number of phenolic OH excluding ortho intramolecular Hbond substituents is 1. The van der Waals surface area contributed by atoms with Gasteiger partial charge in [-0.25, -0.2) is 9.97 Å². The summed E-state index contributed by atoms with van der Waals surface area (Å²) in [5.74, 6) is 0.941. The van der Waals surface area contributed by atoms with Crippen LogP contribution in [0.2, 0.25) is 0 Å². The molecule has 0 aliphatic carbocycles. The molecule has 0 radical (unpaired) electrons. The Morgan fingerprint density at radius 2 is 1.94 bits per heavy atom. The largest absolute Gasteiger partial charge is 0.507 e. The molecule has 5 rings (SSSR count). The van der Waals surface area contributed by atoms with E-state index >= 15 is 0 Å². The van der Waals surface area contributed by atoms with Crippen molar-refractivity contribution in [1.29, 1.82) is 0 Å². The lowest BCUT2D eigenvalue weighted by molar-refractivity contribution is 0.0953. The Bertz CT molecular complexity index is 1510. The van der Waals surface area contributed by atoms with Crippen molar-refractivity contribution in [2.24, 2.45) is 0 Å². The van der Waals surface area contributed by atoms with E-state index in [9.17, 15) is 9.90 Å². The highest BCUT2D eigenvalue weighted by Crippen LogP contribution is 2.35. The topological polar surface area (TPSA) is 113 Å². The molecule has 0 aliphatic heterocycles. The van der Waals surface area contributed by atoms with Crippen molar-refractivity contribution < 1.29 is 14.6 Å². The van der Waals surface area contributed by atoms with Crippen LogP contribution in [0, 0.1) is 0 Å². The number of benzene rings is 2. The molecule has 0 spiro atoms. The lowest BCUT2D eigenvalue weighted by Crippen LogP contribution is -2.24. The molecule has 0 saturated heterocycles. The Hall–Kier alpha value is -4.72. The van der Waals surface area contributed by atoms with Gasteiger partial charge in [-0.1, -0.05) is 12.1 Å². The van der Waals surface area contributed by atoms with E-state index < -0.39 is 0 Å². The van der Waals surface area contributed by atoms with Crippen LogP contribution >= 0.6 is 0 Å². The molecule has 0 fully saturated rings. The number of pyridine rings is 2. The van der Waals surface area contributed by atoms with E-state index in [1.54, 1.807) is 49.8 Å². The van der Waals surface area contributed by atoms with Gasteiger partial charge in [0.05, 0.1) is 23.7 Å². The maximum absolute atomic E-state index is 12.7. The number of hydrogen-bond acceptors (Lipinski definition) is 6. The number of amides is 1. The number of carbonyl (C=O) groups is 1. The third-order valence-corrected chi connectivity index (χ3v) is 5.92. The fourth-order valence-corrected chi connectivity index (χ4v) is 4.09. The van der Waals surface area contributed by atoms with Crippen LogP contribution in [-0.4, -0.2) is 44.6 Å². The van der Waals surface area contributed by atoms with Gasteiger partial charge >= 0.3 is 0 Å². The highest BCUT2D eigenvalue weighted by Gasteiger charge is 2.15. The number of H-pyrrole nitrogens is 1. The van der Waals surface area contributed by atoms with Crippen LogP contribution in [0.15, 0.2) is 79.3 Å². The van der Waals surface area contributed by atoms with Gasteiger partial charge in [0.15, 0.2) is 0 Å². The van der Waals surface area contributed by atoms with E-state index in [-0.39, 0.29) is 11.7 Å². The summed E-state index contributed by atoms with van der Waals surface area (Å²) < 4.78 is 5.38. The predicted octanol–water partition coefficient (Wildman–Crippen LogP) is 4.76. The SMILES string of the molecule is COc1ncccc1-c1ccc(O)c(-c2nc3ccc(C(=O)NCCCc4cccnc4)cc3[nH]2)c1. The number of phenols is 1. The van der Waals surface area contributed by atoms with Crippen molar-refractivity contribution in [3.05, 3.63) is 90.4 Å². The molecule has 0 saturated carbocycles. The Morgan fingerprint density at radius 1 is 1.06 bits per heavy atom. The van der Waals surface area contributed by atoms with E-state index in [0.717, 1.165) is 29.5 Å². The number of nitrogens with zero attached hydrogens (tertiary/aromatic N) is 3. The van der Waals surface area contributed by atoms with Gasteiger partial charge in [0.2, 0.25) is 5.88 Å². The second-order valence-corrected chi connectivity index (χ2v) is 8.33. The normalized spacial score (nSPS) is 10.9. The zero-order valence-corrected chi connectivity index (χ0v) is 19.7. The average molecular weight is 480 g/mol. The summed E-state index contributed by atoms with van der Waals surface area (Å²) in [5, 5.41) is 13.5. The molecular formula is C28H25N5O3. The van der Waals surface area contributed by atoms with Crippen LogP contribution in [0.25, 0.3) is 33.5 Å². The minimum Gasteiger partial charge on any atom is -0.507 e. The third-order valence-electron chi connectivity index (χ3n) is 5.92. The van der Waals surface area contributed by atoms with E-state index in [0.29, 0.717) is 40.4 Å². The van der Waals surface area contributed by atoms with E-state index in [1.807, 2.05) is 36.5 Å². The van der Waals surface area contributed by atoms with Crippen LogP contribution in [-0.2, 0) is 6.42 Å². The fraction of sp³-hybridized carbons (Fsp3) is 0.143. The number of imidazole rings is 1. The van der Waals surface area contributed by atoms with Crippen molar-refractivity contribution in [2.45, 2.75) is 12.8 Å². The van der Waals surface area contributed by atoms with Crippen LogP contribution in [0.3, 0.4) is 0 Å². The first kappa shape index (κ1) is 23.0. The number of fused-ring (bicyclic) bond motifs is 1. The second kappa shape index (κ2) is 10.3. The van der Waals surface area contributed by atoms with Gasteiger partial charge < -0.3 is 20.1 Å². The van der Waals surface area contributed by atoms with Gasteiger partial charge in [-0.2, -0.15) is 0 Å². The Balaban J connectivity index is 1.34. The van der Waals surface area contributed by atoms with Crippen molar-refractivity contribution in [2.75, 3.05) is 13.7 Å². The summed E-state index contributed by atoms with van der Waals surface area (Å²) in [6, 6.07) is 18.2. The molecule has 2 aromatic carbocycles. The smallest absolute Gasteiger partial charge is 0.251 e.